The van der Waals surface area contributed by atoms with Crippen molar-refractivity contribution in [3.05, 3.63) is 22.4 Å². The zero-order valence-electron chi connectivity index (χ0n) is 8.16. The van der Waals surface area contributed by atoms with E-state index in [1.165, 1.54) is 6.20 Å². The van der Waals surface area contributed by atoms with Crippen LogP contribution in [0.25, 0.3) is 0 Å². The number of hydrogen-bond donors (Lipinski definition) is 1. The second-order valence-corrected chi connectivity index (χ2v) is 2.89. The van der Waals surface area contributed by atoms with E-state index in [0.717, 1.165) is 0 Å². The molecule has 0 atom stereocenters. The van der Waals surface area contributed by atoms with Gasteiger partial charge in [-0.1, -0.05) is 6.92 Å². The van der Waals surface area contributed by atoms with Crippen molar-refractivity contribution in [2.45, 2.75) is 26.7 Å². The van der Waals surface area contributed by atoms with E-state index in [2.05, 4.69) is 9.97 Å². The van der Waals surface area contributed by atoms with Crippen molar-refractivity contribution in [3.63, 3.8) is 0 Å². The molecule has 0 fully saturated rings. The number of nitrogens with zero attached hydrogens (tertiary/aromatic N) is 1. The quantitative estimate of drug-likeness (QED) is 0.725. The number of ether oxygens (including phenoxy) is 1. The molecule has 0 radical (unpaired) electrons. The molecule has 0 aromatic carbocycles. The van der Waals surface area contributed by atoms with Gasteiger partial charge in [0, 0.05) is 6.42 Å². The zero-order valence-corrected chi connectivity index (χ0v) is 8.16. The Hall–Kier alpha value is -1.65. The SMILES string of the molecule is CCCC(=O)Oc1cnc(C)[nH]c1=O. The molecule has 1 rings (SSSR count). The van der Waals surface area contributed by atoms with Crippen LogP contribution in [-0.4, -0.2) is 15.9 Å². The number of rotatable bonds is 3. The Bertz CT molecular complexity index is 384. The molecule has 0 aliphatic rings. The van der Waals surface area contributed by atoms with Crippen molar-refractivity contribution >= 4 is 5.97 Å². The molecular formula is C9H12N2O3. The predicted octanol–water partition coefficient (Wildman–Crippen LogP) is 0.784. The third-order valence-corrected chi connectivity index (χ3v) is 1.57. The predicted molar refractivity (Wildman–Crippen MR) is 50.1 cm³/mol. The molecule has 0 amide bonds. The summed E-state index contributed by atoms with van der Waals surface area (Å²) in [5.41, 5.74) is -0.429. The minimum atomic E-state index is -0.429. The number of aromatic nitrogens is 2. The van der Waals surface area contributed by atoms with Crippen LogP contribution in [0.15, 0.2) is 11.0 Å². The number of hydrogen-bond acceptors (Lipinski definition) is 4. The number of H-pyrrole nitrogens is 1. The smallest absolute Gasteiger partial charge is 0.311 e. The van der Waals surface area contributed by atoms with Gasteiger partial charge in [0.05, 0.1) is 6.20 Å². The summed E-state index contributed by atoms with van der Waals surface area (Å²) in [4.78, 5) is 28.5. The van der Waals surface area contributed by atoms with E-state index in [1.54, 1.807) is 6.92 Å². The van der Waals surface area contributed by atoms with E-state index in [4.69, 9.17) is 4.74 Å². The van der Waals surface area contributed by atoms with Gasteiger partial charge >= 0.3 is 5.97 Å². The fourth-order valence-electron chi connectivity index (χ4n) is 0.923. The molecule has 5 heteroatoms. The summed E-state index contributed by atoms with van der Waals surface area (Å²) in [6.45, 7) is 3.51. The molecule has 0 bridgehead atoms. The molecule has 1 N–H and O–H groups in total. The fourth-order valence-corrected chi connectivity index (χ4v) is 0.923. The van der Waals surface area contributed by atoms with Gasteiger partial charge in [-0.05, 0) is 13.3 Å². The van der Waals surface area contributed by atoms with Crippen LogP contribution in [0.4, 0.5) is 0 Å². The highest BCUT2D eigenvalue weighted by Gasteiger charge is 2.07. The van der Waals surface area contributed by atoms with Crippen LogP contribution in [0.2, 0.25) is 0 Å². The summed E-state index contributed by atoms with van der Waals surface area (Å²) in [6, 6.07) is 0. The first-order valence-electron chi connectivity index (χ1n) is 4.40. The Labute approximate surface area is 81.1 Å². The molecule has 5 nitrogen and oxygen atoms in total. The van der Waals surface area contributed by atoms with Gasteiger partial charge in [0.2, 0.25) is 5.75 Å². The Balaban J connectivity index is 2.77. The summed E-state index contributed by atoms with van der Waals surface area (Å²) in [5.74, 6) is 0.0305. The van der Waals surface area contributed by atoms with E-state index in [9.17, 15) is 9.59 Å². The van der Waals surface area contributed by atoms with E-state index in [-0.39, 0.29) is 5.75 Å². The Kier molecular flexibility index (Phi) is 3.39. The second-order valence-electron chi connectivity index (χ2n) is 2.89. The minimum Gasteiger partial charge on any atom is -0.419 e. The van der Waals surface area contributed by atoms with Gasteiger partial charge in [0.25, 0.3) is 5.56 Å². The highest BCUT2D eigenvalue weighted by atomic mass is 16.5. The monoisotopic (exact) mass is 196 g/mol. The van der Waals surface area contributed by atoms with E-state index in [1.807, 2.05) is 6.92 Å². The van der Waals surface area contributed by atoms with Crippen molar-refractivity contribution in [2.75, 3.05) is 0 Å². The molecular weight excluding hydrogens is 184 g/mol. The van der Waals surface area contributed by atoms with E-state index >= 15 is 0 Å². The van der Waals surface area contributed by atoms with Gasteiger partial charge in [-0.25, -0.2) is 4.98 Å². The maximum Gasteiger partial charge on any atom is 0.311 e. The van der Waals surface area contributed by atoms with Crippen LogP contribution in [0, 0.1) is 6.92 Å². The molecule has 0 aliphatic heterocycles. The lowest BCUT2D eigenvalue weighted by Crippen LogP contribution is -2.17. The maximum atomic E-state index is 11.2. The second kappa shape index (κ2) is 4.55. The van der Waals surface area contributed by atoms with Crippen molar-refractivity contribution in [3.8, 4) is 5.75 Å². The molecule has 0 spiro atoms. The maximum absolute atomic E-state index is 11.2. The lowest BCUT2D eigenvalue weighted by atomic mass is 10.3. The molecule has 1 aromatic heterocycles. The van der Waals surface area contributed by atoms with Crippen LogP contribution < -0.4 is 10.3 Å². The molecule has 14 heavy (non-hydrogen) atoms. The van der Waals surface area contributed by atoms with Crippen molar-refractivity contribution in [2.24, 2.45) is 0 Å². The molecule has 76 valence electrons. The van der Waals surface area contributed by atoms with Gasteiger partial charge < -0.3 is 9.72 Å². The van der Waals surface area contributed by atoms with Gasteiger partial charge in [-0.15, -0.1) is 0 Å². The average Bonchev–Trinajstić information content (AvgIpc) is 2.10. The highest BCUT2D eigenvalue weighted by Crippen LogP contribution is 2.01. The van der Waals surface area contributed by atoms with E-state index < -0.39 is 11.5 Å². The van der Waals surface area contributed by atoms with Crippen LogP contribution in [0.1, 0.15) is 25.6 Å². The fraction of sp³-hybridized carbons (Fsp3) is 0.444. The first kappa shape index (κ1) is 10.4. The summed E-state index contributed by atoms with van der Waals surface area (Å²) in [7, 11) is 0. The van der Waals surface area contributed by atoms with Crippen LogP contribution in [-0.2, 0) is 4.79 Å². The van der Waals surface area contributed by atoms with Gasteiger partial charge in [-0.3, -0.25) is 9.59 Å². The van der Waals surface area contributed by atoms with Crippen LogP contribution in [0.3, 0.4) is 0 Å². The zero-order chi connectivity index (χ0) is 10.6. The number of carbonyl (C=O) groups excluding carboxylic acids is 1. The summed E-state index contributed by atoms with van der Waals surface area (Å²) < 4.78 is 4.80. The number of carbonyl (C=O) groups is 1. The summed E-state index contributed by atoms with van der Waals surface area (Å²) in [6.07, 6.45) is 2.24. The van der Waals surface area contributed by atoms with Gasteiger partial charge in [-0.2, -0.15) is 0 Å². The molecule has 0 aliphatic carbocycles. The third kappa shape index (κ3) is 2.69. The van der Waals surface area contributed by atoms with Crippen molar-refractivity contribution in [1.29, 1.82) is 0 Å². The molecule has 1 aromatic rings. The topological polar surface area (TPSA) is 72.0 Å². The van der Waals surface area contributed by atoms with Crippen molar-refractivity contribution in [1.82, 2.24) is 9.97 Å². The Morgan fingerprint density at radius 2 is 2.36 bits per heavy atom. The van der Waals surface area contributed by atoms with Crippen LogP contribution >= 0.6 is 0 Å². The lowest BCUT2D eigenvalue weighted by Gasteiger charge is -2.01. The Morgan fingerprint density at radius 3 is 2.93 bits per heavy atom. The van der Waals surface area contributed by atoms with Crippen molar-refractivity contribution < 1.29 is 9.53 Å². The molecule has 0 unspecified atom stereocenters. The van der Waals surface area contributed by atoms with Gasteiger partial charge in [0.15, 0.2) is 0 Å². The number of esters is 1. The number of nitrogens with one attached hydrogen (secondary N) is 1. The number of aromatic amines is 1. The lowest BCUT2D eigenvalue weighted by molar-refractivity contribution is -0.134. The first-order valence-corrected chi connectivity index (χ1v) is 4.40. The normalized spacial score (nSPS) is 9.86. The minimum absolute atomic E-state index is 0.0472. The third-order valence-electron chi connectivity index (χ3n) is 1.57. The van der Waals surface area contributed by atoms with Gasteiger partial charge in [0.1, 0.15) is 5.82 Å². The summed E-state index contributed by atoms with van der Waals surface area (Å²) >= 11 is 0. The standard InChI is InChI=1S/C9H12N2O3/c1-3-4-8(12)14-7-5-10-6(2)11-9(7)13/h5H,3-4H2,1-2H3,(H,10,11,13). The Morgan fingerprint density at radius 1 is 1.64 bits per heavy atom. The average molecular weight is 196 g/mol. The summed E-state index contributed by atoms with van der Waals surface area (Å²) in [5, 5.41) is 0. The molecule has 1 heterocycles. The molecule has 0 saturated carbocycles. The number of aryl methyl sites for hydroxylation is 1. The van der Waals surface area contributed by atoms with E-state index in [0.29, 0.717) is 18.7 Å². The first-order chi connectivity index (χ1) is 6.63. The molecule has 0 saturated heterocycles. The highest BCUT2D eigenvalue weighted by molar-refractivity contribution is 5.71. The largest absolute Gasteiger partial charge is 0.419 e. The van der Waals surface area contributed by atoms with Crippen LogP contribution in [0.5, 0.6) is 5.75 Å².